The average Bonchev–Trinajstić information content (AvgIpc) is 2.83. The number of amides is 1. The molecular formula is C25H23FN2O4. The summed E-state index contributed by atoms with van der Waals surface area (Å²) < 4.78 is 29.1. The van der Waals surface area contributed by atoms with Gasteiger partial charge in [0.25, 0.3) is 5.91 Å². The molecule has 6 nitrogen and oxygen atoms in total. The van der Waals surface area contributed by atoms with Gasteiger partial charge in [0, 0.05) is 17.2 Å². The molecule has 3 rings (SSSR count). The minimum Gasteiger partial charge on any atom is -0.497 e. The van der Waals surface area contributed by atoms with Crippen LogP contribution in [0.4, 0.5) is 4.39 Å². The van der Waals surface area contributed by atoms with Gasteiger partial charge in [0.05, 0.1) is 27.5 Å². The third-order valence-electron chi connectivity index (χ3n) is 4.64. The Morgan fingerprint density at radius 1 is 0.875 bits per heavy atom. The summed E-state index contributed by atoms with van der Waals surface area (Å²) in [6.07, 6.45) is 5.32. The smallest absolute Gasteiger partial charge is 0.271 e. The average molecular weight is 434 g/mol. The molecule has 0 aliphatic carbocycles. The first-order valence-electron chi connectivity index (χ1n) is 9.71. The van der Waals surface area contributed by atoms with Gasteiger partial charge in [-0.25, -0.2) is 9.82 Å². The van der Waals surface area contributed by atoms with Crippen LogP contribution in [0, 0.1) is 5.82 Å². The summed E-state index contributed by atoms with van der Waals surface area (Å²) >= 11 is 0. The maximum atomic E-state index is 13.0. The van der Waals surface area contributed by atoms with E-state index in [2.05, 4.69) is 10.5 Å². The lowest BCUT2D eigenvalue weighted by Crippen LogP contribution is -2.17. The van der Waals surface area contributed by atoms with E-state index in [1.54, 1.807) is 27.4 Å². The van der Waals surface area contributed by atoms with Gasteiger partial charge >= 0.3 is 0 Å². The number of hydrogen-bond acceptors (Lipinski definition) is 5. The van der Waals surface area contributed by atoms with Crippen LogP contribution in [0.3, 0.4) is 0 Å². The first kappa shape index (κ1) is 22.6. The van der Waals surface area contributed by atoms with Gasteiger partial charge in [0.1, 0.15) is 23.1 Å². The van der Waals surface area contributed by atoms with Crippen molar-refractivity contribution in [2.75, 3.05) is 21.3 Å². The number of rotatable bonds is 8. The molecule has 0 aliphatic rings. The number of methoxy groups -OCH3 is 3. The van der Waals surface area contributed by atoms with Gasteiger partial charge < -0.3 is 14.2 Å². The molecule has 1 amide bonds. The number of nitrogens with one attached hydrogen (secondary N) is 1. The van der Waals surface area contributed by atoms with Crippen molar-refractivity contribution in [1.82, 2.24) is 5.43 Å². The molecule has 0 atom stereocenters. The van der Waals surface area contributed by atoms with E-state index >= 15 is 0 Å². The van der Waals surface area contributed by atoms with E-state index < -0.39 is 11.7 Å². The van der Waals surface area contributed by atoms with Gasteiger partial charge in [0.2, 0.25) is 0 Å². The zero-order chi connectivity index (χ0) is 22.9. The highest BCUT2D eigenvalue weighted by molar-refractivity contribution is 5.96. The van der Waals surface area contributed by atoms with Crippen molar-refractivity contribution in [3.05, 3.63) is 88.7 Å². The summed E-state index contributed by atoms with van der Waals surface area (Å²) in [5, 5.41) is 4.05. The van der Waals surface area contributed by atoms with Gasteiger partial charge in [0.15, 0.2) is 0 Å². The molecule has 0 aromatic heterocycles. The van der Waals surface area contributed by atoms with E-state index in [1.807, 2.05) is 42.5 Å². The molecule has 3 aromatic carbocycles. The zero-order valence-corrected chi connectivity index (χ0v) is 18.0. The van der Waals surface area contributed by atoms with Crippen molar-refractivity contribution in [1.29, 1.82) is 0 Å². The van der Waals surface area contributed by atoms with Crippen LogP contribution < -0.4 is 19.6 Å². The Morgan fingerprint density at radius 2 is 1.56 bits per heavy atom. The molecule has 1 N–H and O–H groups in total. The Kier molecular flexibility index (Phi) is 7.59. The lowest BCUT2D eigenvalue weighted by atomic mass is 10.0. The number of halogens is 1. The van der Waals surface area contributed by atoms with Crippen molar-refractivity contribution in [2.24, 2.45) is 5.10 Å². The molecule has 0 fully saturated rings. The molecule has 0 unspecified atom stereocenters. The maximum Gasteiger partial charge on any atom is 0.271 e. The number of nitrogens with zero attached hydrogens (tertiary/aromatic N) is 1. The Morgan fingerprint density at radius 3 is 2.19 bits per heavy atom. The van der Waals surface area contributed by atoms with E-state index in [4.69, 9.17) is 14.2 Å². The highest BCUT2D eigenvalue weighted by Gasteiger charge is 2.10. The summed E-state index contributed by atoms with van der Waals surface area (Å²) in [6.45, 7) is 0. The first-order chi connectivity index (χ1) is 15.5. The Bertz CT molecular complexity index is 1120. The molecule has 0 saturated carbocycles. The zero-order valence-electron chi connectivity index (χ0n) is 18.0. The van der Waals surface area contributed by atoms with Gasteiger partial charge in [-0.3, -0.25) is 4.79 Å². The topological polar surface area (TPSA) is 69.2 Å². The normalized spacial score (nSPS) is 11.0. The summed E-state index contributed by atoms with van der Waals surface area (Å²) in [4.78, 5) is 12.2. The van der Waals surface area contributed by atoms with Crippen molar-refractivity contribution in [2.45, 2.75) is 0 Å². The van der Waals surface area contributed by atoms with Crippen molar-refractivity contribution in [3.8, 4) is 17.2 Å². The van der Waals surface area contributed by atoms with E-state index in [9.17, 15) is 9.18 Å². The summed E-state index contributed by atoms with van der Waals surface area (Å²) in [5.74, 6) is 1.04. The third-order valence-corrected chi connectivity index (χ3v) is 4.64. The maximum absolute atomic E-state index is 13.0. The van der Waals surface area contributed by atoms with Crippen LogP contribution in [0.25, 0.3) is 12.2 Å². The van der Waals surface area contributed by atoms with Crippen LogP contribution in [-0.2, 0) is 0 Å². The molecule has 0 spiro atoms. The number of carbonyl (C=O) groups excluding carboxylic acids is 1. The molecular weight excluding hydrogens is 411 g/mol. The molecule has 0 radical (unpaired) electrons. The number of ether oxygens (including phenoxy) is 3. The number of benzene rings is 3. The van der Waals surface area contributed by atoms with Crippen LogP contribution in [0.5, 0.6) is 17.2 Å². The molecule has 164 valence electrons. The fourth-order valence-electron chi connectivity index (χ4n) is 2.91. The highest BCUT2D eigenvalue weighted by atomic mass is 19.1. The second-order valence-electron chi connectivity index (χ2n) is 6.65. The van der Waals surface area contributed by atoms with Crippen LogP contribution in [0.2, 0.25) is 0 Å². The SMILES string of the molecule is COc1ccc(/C=C/c2cc(OC)cc(OC)c2/C=N/NC(=O)c2ccc(F)cc2)cc1. The molecule has 0 bridgehead atoms. The first-order valence-corrected chi connectivity index (χ1v) is 9.71. The Labute approximate surface area is 185 Å². The minimum absolute atomic E-state index is 0.296. The molecule has 0 aliphatic heterocycles. The monoisotopic (exact) mass is 434 g/mol. The number of hydrogen-bond donors (Lipinski definition) is 1. The van der Waals surface area contributed by atoms with E-state index in [0.717, 1.165) is 16.9 Å². The fraction of sp³-hybridized carbons (Fsp3) is 0.120. The largest absolute Gasteiger partial charge is 0.497 e. The lowest BCUT2D eigenvalue weighted by Gasteiger charge is -2.11. The number of carbonyl (C=O) groups is 1. The van der Waals surface area contributed by atoms with Gasteiger partial charge in [-0.05, 0) is 53.6 Å². The summed E-state index contributed by atoms with van der Waals surface area (Å²) in [6, 6.07) is 16.4. The standard InChI is InChI=1S/C25H23FN2O4/c1-30-21-12-5-17(6-13-21)4-7-19-14-22(31-2)15-24(32-3)23(19)16-27-28-25(29)18-8-10-20(26)11-9-18/h4-16H,1-3H3,(H,28,29)/b7-4+,27-16+. The van der Waals surface area contributed by atoms with Crippen LogP contribution >= 0.6 is 0 Å². The van der Waals surface area contributed by atoms with E-state index in [-0.39, 0.29) is 0 Å². The predicted octanol–water partition coefficient (Wildman–Crippen LogP) is 4.79. The van der Waals surface area contributed by atoms with Crippen LogP contribution in [-0.4, -0.2) is 33.5 Å². The van der Waals surface area contributed by atoms with E-state index in [0.29, 0.717) is 22.6 Å². The molecule has 0 saturated heterocycles. The molecule has 7 heteroatoms. The molecule has 0 heterocycles. The second kappa shape index (κ2) is 10.8. The van der Waals surface area contributed by atoms with E-state index in [1.165, 1.54) is 30.5 Å². The van der Waals surface area contributed by atoms with Crippen LogP contribution in [0.1, 0.15) is 27.0 Å². The predicted molar refractivity (Wildman–Crippen MR) is 123 cm³/mol. The molecule has 32 heavy (non-hydrogen) atoms. The highest BCUT2D eigenvalue weighted by Crippen LogP contribution is 2.29. The second-order valence-corrected chi connectivity index (χ2v) is 6.65. The quantitative estimate of drug-likeness (QED) is 0.315. The van der Waals surface area contributed by atoms with Crippen LogP contribution in [0.15, 0.2) is 65.8 Å². The molecule has 3 aromatic rings. The van der Waals surface area contributed by atoms with Gasteiger partial charge in [-0.15, -0.1) is 0 Å². The summed E-state index contributed by atoms with van der Waals surface area (Å²) in [5.41, 5.74) is 5.14. The Balaban J connectivity index is 1.87. The fourth-order valence-corrected chi connectivity index (χ4v) is 2.91. The summed E-state index contributed by atoms with van der Waals surface area (Å²) in [7, 11) is 4.73. The Hall–Kier alpha value is -4.13. The van der Waals surface area contributed by atoms with Crippen molar-refractivity contribution in [3.63, 3.8) is 0 Å². The lowest BCUT2D eigenvalue weighted by molar-refractivity contribution is 0.0955. The third kappa shape index (κ3) is 5.72. The van der Waals surface area contributed by atoms with Crippen molar-refractivity contribution < 1.29 is 23.4 Å². The van der Waals surface area contributed by atoms with Crippen molar-refractivity contribution >= 4 is 24.3 Å². The number of hydrazone groups is 1. The van der Waals surface area contributed by atoms with Gasteiger partial charge in [-0.1, -0.05) is 24.3 Å². The minimum atomic E-state index is -0.455. The van der Waals surface area contributed by atoms with Gasteiger partial charge in [-0.2, -0.15) is 5.10 Å².